The van der Waals surface area contributed by atoms with E-state index in [9.17, 15) is 9.90 Å². The minimum absolute atomic E-state index is 0.0732. The van der Waals surface area contributed by atoms with Gasteiger partial charge in [0, 0.05) is 12.6 Å². The predicted octanol–water partition coefficient (Wildman–Crippen LogP) is 1.08. The normalized spacial score (nSPS) is 21.9. The van der Waals surface area contributed by atoms with Crippen LogP contribution in [0.3, 0.4) is 0 Å². The van der Waals surface area contributed by atoms with Crippen LogP contribution in [0.25, 0.3) is 0 Å². The fourth-order valence-corrected chi connectivity index (χ4v) is 3.17. The molecule has 0 saturated carbocycles. The average molecular weight is 301 g/mol. The minimum atomic E-state index is -0.901. The van der Waals surface area contributed by atoms with Gasteiger partial charge in [0.1, 0.15) is 6.61 Å². The lowest BCUT2D eigenvalue weighted by Crippen LogP contribution is -2.35. The molecule has 1 aliphatic rings. The van der Waals surface area contributed by atoms with Crippen molar-refractivity contribution in [3.63, 3.8) is 0 Å². The van der Waals surface area contributed by atoms with Gasteiger partial charge >= 0.3 is 5.97 Å². The van der Waals surface area contributed by atoms with Crippen LogP contribution in [0.15, 0.2) is 5.16 Å². The lowest BCUT2D eigenvalue weighted by Gasteiger charge is -2.36. The van der Waals surface area contributed by atoms with E-state index in [1.807, 2.05) is 18.4 Å². The zero-order valence-electron chi connectivity index (χ0n) is 11.6. The van der Waals surface area contributed by atoms with Crippen LogP contribution in [-0.2, 0) is 16.1 Å². The molecular weight excluding hydrogens is 282 g/mol. The molecule has 7 nitrogen and oxygen atoms in total. The van der Waals surface area contributed by atoms with E-state index in [1.54, 1.807) is 0 Å². The van der Waals surface area contributed by atoms with Crippen LogP contribution >= 0.6 is 11.8 Å². The number of hydrogen-bond acceptors (Lipinski definition) is 6. The smallest absolute Gasteiger partial charge is 0.313 e. The first-order chi connectivity index (χ1) is 9.43. The number of rotatable bonds is 5. The fourth-order valence-electron chi connectivity index (χ4n) is 2.43. The molecule has 1 aromatic rings. The molecular formula is C12H19N3O4S. The van der Waals surface area contributed by atoms with E-state index in [2.05, 4.69) is 10.2 Å². The predicted molar refractivity (Wildman–Crippen MR) is 72.6 cm³/mol. The number of nitrogens with zero attached hydrogens (tertiary/aromatic N) is 3. The van der Waals surface area contributed by atoms with Crippen molar-refractivity contribution in [3.05, 3.63) is 5.82 Å². The number of carboxylic acid groups (broad SMARTS) is 1. The SMILES string of the molecule is CC1(C)CC(n2c(CO)nnc2SCC(=O)O)CCO1. The summed E-state index contributed by atoms with van der Waals surface area (Å²) < 4.78 is 7.55. The molecule has 1 atom stereocenters. The Kier molecular flexibility index (Phi) is 4.66. The molecule has 0 aliphatic carbocycles. The summed E-state index contributed by atoms with van der Waals surface area (Å²) in [4.78, 5) is 10.7. The number of aliphatic hydroxyl groups excluding tert-OH is 1. The third kappa shape index (κ3) is 3.50. The number of carbonyl (C=O) groups is 1. The van der Waals surface area contributed by atoms with Gasteiger partial charge in [0.15, 0.2) is 11.0 Å². The standard InChI is InChI=1S/C12H19N3O4S/c1-12(2)5-8(3-4-19-12)15-9(6-16)13-14-11(15)20-7-10(17)18/h8,16H,3-7H2,1-2H3,(H,17,18). The number of aliphatic hydroxyl groups is 1. The second kappa shape index (κ2) is 6.11. The van der Waals surface area contributed by atoms with Gasteiger partial charge in [-0.05, 0) is 26.7 Å². The Morgan fingerprint density at radius 1 is 1.55 bits per heavy atom. The molecule has 112 valence electrons. The van der Waals surface area contributed by atoms with Crippen molar-refractivity contribution in [1.82, 2.24) is 14.8 Å². The molecule has 1 unspecified atom stereocenters. The second-order valence-corrected chi connectivity index (χ2v) is 6.31. The molecule has 1 aliphatic heterocycles. The lowest BCUT2D eigenvalue weighted by atomic mass is 9.94. The molecule has 20 heavy (non-hydrogen) atoms. The van der Waals surface area contributed by atoms with E-state index in [1.165, 1.54) is 0 Å². The van der Waals surface area contributed by atoms with Crippen LogP contribution in [0.1, 0.15) is 38.6 Å². The van der Waals surface area contributed by atoms with Gasteiger partial charge in [0.25, 0.3) is 0 Å². The first-order valence-corrected chi connectivity index (χ1v) is 7.44. The van der Waals surface area contributed by atoms with Crippen molar-refractivity contribution in [2.24, 2.45) is 0 Å². The van der Waals surface area contributed by atoms with Gasteiger partial charge in [0.05, 0.1) is 11.4 Å². The van der Waals surface area contributed by atoms with Crippen molar-refractivity contribution in [2.45, 2.75) is 50.1 Å². The fraction of sp³-hybridized carbons (Fsp3) is 0.750. The summed E-state index contributed by atoms with van der Waals surface area (Å²) in [7, 11) is 0. The highest BCUT2D eigenvalue weighted by molar-refractivity contribution is 7.99. The molecule has 8 heteroatoms. The Bertz CT molecular complexity index is 489. The monoisotopic (exact) mass is 301 g/mol. The molecule has 1 fully saturated rings. The van der Waals surface area contributed by atoms with Crippen molar-refractivity contribution in [1.29, 1.82) is 0 Å². The van der Waals surface area contributed by atoms with Crippen molar-refractivity contribution >= 4 is 17.7 Å². The Morgan fingerprint density at radius 2 is 2.30 bits per heavy atom. The Balaban J connectivity index is 2.23. The number of ether oxygens (including phenoxy) is 1. The molecule has 2 heterocycles. The Hall–Kier alpha value is -1.12. The zero-order valence-corrected chi connectivity index (χ0v) is 12.4. The number of carboxylic acids is 1. The third-order valence-corrected chi connectivity index (χ3v) is 4.17. The summed E-state index contributed by atoms with van der Waals surface area (Å²) in [5.41, 5.74) is -0.241. The van der Waals surface area contributed by atoms with Crippen molar-refractivity contribution < 1.29 is 19.7 Å². The van der Waals surface area contributed by atoms with Gasteiger partial charge in [-0.3, -0.25) is 4.79 Å². The maximum absolute atomic E-state index is 10.7. The maximum Gasteiger partial charge on any atom is 0.313 e. The third-order valence-electron chi connectivity index (χ3n) is 3.24. The summed E-state index contributed by atoms with van der Waals surface area (Å²) in [6.45, 7) is 4.46. The summed E-state index contributed by atoms with van der Waals surface area (Å²) in [6, 6.07) is 0.118. The van der Waals surface area contributed by atoms with Crippen LogP contribution in [0.4, 0.5) is 0 Å². The van der Waals surface area contributed by atoms with Crippen LogP contribution in [0, 0.1) is 0 Å². The quantitative estimate of drug-likeness (QED) is 0.785. The number of aliphatic carboxylic acids is 1. The van der Waals surface area contributed by atoms with Gasteiger partial charge in [-0.15, -0.1) is 10.2 Å². The van der Waals surface area contributed by atoms with E-state index in [0.717, 1.165) is 24.6 Å². The molecule has 0 radical (unpaired) electrons. The highest BCUT2D eigenvalue weighted by Gasteiger charge is 2.32. The molecule has 2 rings (SSSR count). The highest BCUT2D eigenvalue weighted by atomic mass is 32.2. The molecule has 1 aromatic heterocycles. The van der Waals surface area contributed by atoms with E-state index >= 15 is 0 Å². The molecule has 0 aromatic carbocycles. The first-order valence-electron chi connectivity index (χ1n) is 6.46. The number of hydrogen-bond donors (Lipinski definition) is 2. The molecule has 1 saturated heterocycles. The Labute approximate surface area is 121 Å². The van der Waals surface area contributed by atoms with Gasteiger partial charge in [-0.2, -0.15) is 0 Å². The number of aromatic nitrogens is 3. The summed E-state index contributed by atoms with van der Waals surface area (Å²) in [6.07, 6.45) is 1.58. The molecule has 0 spiro atoms. The van der Waals surface area contributed by atoms with E-state index in [0.29, 0.717) is 17.6 Å². The summed E-state index contributed by atoms with van der Waals surface area (Å²) in [5.74, 6) is -0.501. The Morgan fingerprint density at radius 3 is 2.90 bits per heavy atom. The highest BCUT2D eigenvalue weighted by Crippen LogP contribution is 2.35. The first kappa shape index (κ1) is 15.3. The number of thioether (sulfide) groups is 1. The molecule has 0 amide bonds. The second-order valence-electron chi connectivity index (χ2n) is 5.36. The van der Waals surface area contributed by atoms with E-state index < -0.39 is 5.97 Å². The van der Waals surface area contributed by atoms with Crippen LogP contribution in [0.5, 0.6) is 0 Å². The van der Waals surface area contributed by atoms with Gasteiger partial charge in [-0.25, -0.2) is 0 Å². The van der Waals surface area contributed by atoms with Gasteiger partial charge < -0.3 is 19.5 Å². The lowest BCUT2D eigenvalue weighted by molar-refractivity contribution is -0.133. The van der Waals surface area contributed by atoms with E-state index in [-0.39, 0.29) is 24.0 Å². The van der Waals surface area contributed by atoms with Crippen LogP contribution in [0.2, 0.25) is 0 Å². The molecule has 0 bridgehead atoms. The summed E-state index contributed by atoms with van der Waals surface area (Å²) in [5, 5.41) is 26.6. The molecule has 2 N–H and O–H groups in total. The summed E-state index contributed by atoms with van der Waals surface area (Å²) >= 11 is 1.12. The van der Waals surface area contributed by atoms with Crippen molar-refractivity contribution in [2.75, 3.05) is 12.4 Å². The van der Waals surface area contributed by atoms with Crippen LogP contribution < -0.4 is 0 Å². The van der Waals surface area contributed by atoms with Gasteiger partial charge in [-0.1, -0.05) is 11.8 Å². The van der Waals surface area contributed by atoms with Gasteiger partial charge in [0.2, 0.25) is 0 Å². The average Bonchev–Trinajstić information content (AvgIpc) is 2.78. The minimum Gasteiger partial charge on any atom is -0.481 e. The zero-order chi connectivity index (χ0) is 14.8. The van der Waals surface area contributed by atoms with Crippen LogP contribution in [-0.4, -0.2) is 48.9 Å². The van der Waals surface area contributed by atoms with E-state index in [4.69, 9.17) is 9.84 Å². The maximum atomic E-state index is 10.7. The topological polar surface area (TPSA) is 97.5 Å². The van der Waals surface area contributed by atoms with Crippen molar-refractivity contribution in [3.8, 4) is 0 Å². The largest absolute Gasteiger partial charge is 0.481 e.